The highest BCUT2D eigenvalue weighted by atomic mass is 16.6. The molecule has 0 fully saturated rings. The van der Waals surface area contributed by atoms with E-state index >= 15 is 0 Å². The van der Waals surface area contributed by atoms with Gasteiger partial charge in [-0.1, -0.05) is 30.3 Å². The highest BCUT2D eigenvalue weighted by Crippen LogP contribution is 2.34. The van der Waals surface area contributed by atoms with Crippen LogP contribution in [0, 0.1) is 6.92 Å². The molecule has 8 heteroatoms. The number of rotatable bonds is 12. The molecule has 0 saturated carbocycles. The van der Waals surface area contributed by atoms with Crippen molar-refractivity contribution in [2.45, 2.75) is 38.9 Å². The van der Waals surface area contributed by atoms with Crippen molar-refractivity contribution < 1.29 is 33.3 Å². The Bertz CT molecular complexity index is 1360. The maximum Gasteiger partial charge on any atom is 0.338 e. The van der Waals surface area contributed by atoms with Crippen molar-refractivity contribution in [3.8, 4) is 23.0 Å². The number of oxazole rings is 1. The second-order valence-corrected chi connectivity index (χ2v) is 8.75. The van der Waals surface area contributed by atoms with Crippen molar-refractivity contribution in [3.05, 3.63) is 77.7 Å². The van der Waals surface area contributed by atoms with Crippen LogP contribution < -0.4 is 9.47 Å². The van der Waals surface area contributed by atoms with Gasteiger partial charge in [-0.15, -0.1) is 0 Å². The number of aliphatic hydroxyl groups excluding tert-OH is 1. The van der Waals surface area contributed by atoms with Crippen LogP contribution >= 0.6 is 0 Å². The number of carbonyl (C=O) groups excluding carboxylic acids is 1. The number of fused-ring (bicyclic) bond motifs is 1. The molecule has 2 atom stereocenters. The van der Waals surface area contributed by atoms with E-state index in [2.05, 4.69) is 4.98 Å². The van der Waals surface area contributed by atoms with Gasteiger partial charge in [0.2, 0.25) is 5.89 Å². The van der Waals surface area contributed by atoms with E-state index in [9.17, 15) is 9.90 Å². The minimum absolute atomic E-state index is 0.204. The average molecular weight is 520 g/mol. The van der Waals surface area contributed by atoms with Crippen LogP contribution in [-0.2, 0) is 20.7 Å². The zero-order valence-electron chi connectivity index (χ0n) is 22.1. The summed E-state index contributed by atoms with van der Waals surface area (Å²) in [6.45, 7) is 4.30. The quantitative estimate of drug-likeness (QED) is 0.195. The molecule has 1 heterocycles. The highest BCUT2D eigenvalue weighted by Gasteiger charge is 2.30. The molecule has 3 aromatic carbocycles. The van der Waals surface area contributed by atoms with Gasteiger partial charge in [-0.05, 0) is 68.0 Å². The van der Waals surface area contributed by atoms with Crippen molar-refractivity contribution in [1.82, 2.24) is 4.98 Å². The molecule has 38 heavy (non-hydrogen) atoms. The lowest BCUT2D eigenvalue weighted by molar-refractivity contribution is -0.162. The van der Waals surface area contributed by atoms with Crippen molar-refractivity contribution in [2.75, 3.05) is 27.4 Å². The van der Waals surface area contributed by atoms with E-state index in [4.69, 9.17) is 23.4 Å². The molecular weight excluding hydrogens is 486 g/mol. The van der Waals surface area contributed by atoms with E-state index in [1.807, 2.05) is 61.5 Å². The largest absolute Gasteiger partial charge is 0.497 e. The lowest BCUT2D eigenvalue weighted by Gasteiger charge is -2.22. The van der Waals surface area contributed by atoms with Crippen molar-refractivity contribution >= 4 is 16.7 Å². The summed E-state index contributed by atoms with van der Waals surface area (Å²) in [6.07, 6.45) is -0.871. The number of aliphatic hydroxyl groups is 1. The Balaban J connectivity index is 1.43. The molecule has 1 aromatic heterocycles. The Kier molecular flexibility index (Phi) is 8.99. The first-order valence-electron chi connectivity index (χ1n) is 12.6. The van der Waals surface area contributed by atoms with E-state index < -0.39 is 18.2 Å². The van der Waals surface area contributed by atoms with Crippen LogP contribution in [-0.4, -0.2) is 49.6 Å². The fourth-order valence-electron chi connectivity index (χ4n) is 4.36. The molecule has 0 saturated heterocycles. The minimum atomic E-state index is -1.19. The average Bonchev–Trinajstić information content (AvgIpc) is 3.31. The van der Waals surface area contributed by atoms with Gasteiger partial charge in [-0.2, -0.15) is 0 Å². The van der Waals surface area contributed by atoms with Gasteiger partial charge in [-0.25, -0.2) is 9.78 Å². The second kappa shape index (κ2) is 12.6. The summed E-state index contributed by atoms with van der Waals surface area (Å²) < 4.78 is 27.5. The number of ether oxygens (including phenoxy) is 4. The Hall–Kier alpha value is -3.88. The predicted octanol–water partition coefficient (Wildman–Crippen LogP) is 5.43. The summed E-state index contributed by atoms with van der Waals surface area (Å²) in [4.78, 5) is 16.9. The normalized spacial score (nSPS) is 12.8. The molecule has 0 radical (unpaired) electrons. The van der Waals surface area contributed by atoms with E-state index in [1.165, 1.54) is 7.11 Å². The number of aryl methyl sites for hydroxylation is 2. The molecule has 0 aliphatic carbocycles. The first kappa shape index (κ1) is 27.2. The molecular formula is C30H33NO7. The molecule has 0 bridgehead atoms. The van der Waals surface area contributed by atoms with Gasteiger partial charge < -0.3 is 28.5 Å². The summed E-state index contributed by atoms with van der Waals surface area (Å²) in [7, 11) is 3.01. The second-order valence-electron chi connectivity index (χ2n) is 8.75. The molecule has 0 aliphatic heterocycles. The number of aromatic nitrogens is 1. The number of esters is 1. The maximum absolute atomic E-state index is 12.3. The lowest BCUT2D eigenvalue weighted by atomic mass is 9.96. The van der Waals surface area contributed by atoms with E-state index in [-0.39, 0.29) is 6.61 Å². The summed E-state index contributed by atoms with van der Waals surface area (Å²) in [6, 6.07) is 18.8. The third-order valence-electron chi connectivity index (χ3n) is 6.34. The topological polar surface area (TPSA) is 100 Å². The Morgan fingerprint density at radius 3 is 2.45 bits per heavy atom. The fourth-order valence-corrected chi connectivity index (χ4v) is 4.36. The number of benzene rings is 3. The van der Waals surface area contributed by atoms with Gasteiger partial charge >= 0.3 is 5.97 Å². The number of hydrogen-bond donors (Lipinski definition) is 1. The van der Waals surface area contributed by atoms with Gasteiger partial charge in [0, 0.05) is 18.1 Å². The molecule has 4 aromatic rings. The monoisotopic (exact) mass is 519 g/mol. The van der Waals surface area contributed by atoms with E-state index in [1.54, 1.807) is 20.1 Å². The molecule has 1 N–H and O–H groups in total. The molecule has 0 aliphatic rings. The molecule has 0 spiro atoms. The van der Waals surface area contributed by atoms with E-state index in [0.717, 1.165) is 40.0 Å². The first-order chi connectivity index (χ1) is 18.5. The standard InChI is InChI=1S/C30H33NO7/c1-5-36-30(33)28(35-4)27(32)24-16-17-26(23-10-7-6-9-22(23)24)37-18-8-11-25-19(2)38-29(31-25)20-12-14-21(34-3)15-13-20/h6-7,9-10,12-17,27-28,32H,5,8,11,18H2,1-4H3. The lowest BCUT2D eigenvalue weighted by Crippen LogP contribution is -2.32. The first-order valence-corrected chi connectivity index (χ1v) is 12.6. The molecule has 2 unspecified atom stereocenters. The summed E-state index contributed by atoms with van der Waals surface area (Å²) in [5.41, 5.74) is 2.35. The summed E-state index contributed by atoms with van der Waals surface area (Å²) >= 11 is 0. The number of nitrogens with zero attached hydrogens (tertiary/aromatic N) is 1. The zero-order valence-corrected chi connectivity index (χ0v) is 22.1. The Morgan fingerprint density at radius 1 is 1.03 bits per heavy atom. The highest BCUT2D eigenvalue weighted by molar-refractivity contribution is 5.92. The van der Waals surface area contributed by atoms with Gasteiger partial charge in [-0.3, -0.25) is 0 Å². The predicted molar refractivity (Wildman–Crippen MR) is 143 cm³/mol. The third kappa shape index (κ3) is 5.98. The van der Waals surface area contributed by atoms with Crippen LogP contribution in [0.25, 0.3) is 22.2 Å². The third-order valence-corrected chi connectivity index (χ3v) is 6.34. The van der Waals surface area contributed by atoms with Crippen LogP contribution in [0.15, 0.2) is 65.1 Å². The minimum Gasteiger partial charge on any atom is -0.497 e. The van der Waals surface area contributed by atoms with Crippen LogP contribution in [0.5, 0.6) is 11.5 Å². The van der Waals surface area contributed by atoms with Gasteiger partial charge in [0.15, 0.2) is 6.10 Å². The summed E-state index contributed by atoms with van der Waals surface area (Å²) in [5.74, 6) is 2.23. The number of hydrogen-bond acceptors (Lipinski definition) is 8. The van der Waals surface area contributed by atoms with Gasteiger partial charge in [0.25, 0.3) is 0 Å². The number of carbonyl (C=O) groups is 1. The van der Waals surface area contributed by atoms with Crippen molar-refractivity contribution in [1.29, 1.82) is 0 Å². The van der Waals surface area contributed by atoms with Crippen molar-refractivity contribution in [3.63, 3.8) is 0 Å². The number of methoxy groups -OCH3 is 2. The Labute approximate surface area is 222 Å². The molecule has 0 amide bonds. The molecule has 200 valence electrons. The molecule has 4 rings (SSSR count). The Morgan fingerprint density at radius 2 is 1.76 bits per heavy atom. The summed E-state index contributed by atoms with van der Waals surface area (Å²) in [5, 5.41) is 12.6. The zero-order chi connectivity index (χ0) is 27.1. The molecule has 8 nitrogen and oxygen atoms in total. The van der Waals surface area contributed by atoms with Crippen LogP contribution in [0.4, 0.5) is 0 Å². The van der Waals surface area contributed by atoms with Crippen LogP contribution in [0.2, 0.25) is 0 Å². The SMILES string of the molecule is CCOC(=O)C(OC)C(O)c1ccc(OCCCc2nc(-c3ccc(OC)cc3)oc2C)c2ccccc12. The van der Waals surface area contributed by atoms with Crippen LogP contribution in [0.3, 0.4) is 0 Å². The smallest absolute Gasteiger partial charge is 0.338 e. The fraction of sp³-hybridized carbons (Fsp3) is 0.333. The van der Waals surface area contributed by atoms with Crippen LogP contribution in [0.1, 0.15) is 36.5 Å². The maximum atomic E-state index is 12.3. The van der Waals surface area contributed by atoms with E-state index in [0.29, 0.717) is 30.2 Å². The van der Waals surface area contributed by atoms with Gasteiger partial charge in [0.05, 0.1) is 26.0 Å². The van der Waals surface area contributed by atoms with Gasteiger partial charge in [0.1, 0.15) is 23.4 Å². The van der Waals surface area contributed by atoms with Crippen molar-refractivity contribution in [2.24, 2.45) is 0 Å².